The van der Waals surface area contributed by atoms with E-state index in [2.05, 4.69) is 44.7 Å². The fraction of sp³-hybridized carbons (Fsp3) is 0.158. The number of benzene rings is 2. The summed E-state index contributed by atoms with van der Waals surface area (Å²) in [6.45, 7) is 2.05. The van der Waals surface area contributed by atoms with Crippen LogP contribution in [0, 0.1) is 6.92 Å². The number of hydrogen-bond acceptors (Lipinski definition) is 9. The Bertz CT molecular complexity index is 1080. The maximum atomic E-state index is 5.35. The van der Waals surface area contributed by atoms with E-state index in [0.717, 1.165) is 26.5 Å². The maximum Gasteiger partial charge on any atom is 0.237 e. The molecule has 0 amide bonds. The van der Waals surface area contributed by atoms with E-state index >= 15 is 0 Å². The summed E-state index contributed by atoms with van der Waals surface area (Å²) >= 11 is 2.99. The van der Waals surface area contributed by atoms with Crippen molar-refractivity contribution in [3.05, 3.63) is 60.0 Å². The number of ether oxygens (including phenoxy) is 1. The van der Waals surface area contributed by atoms with E-state index in [1.165, 1.54) is 28.7 Å². The summed E-state index contributed by atoms with van der Waals surface area (Å²) in [6, 6.07) is 15.7. The molecule has 0 aliphatic heterocycles. The number of rotatable bonds is 7. The molecule has 2 heterocycles. The van der Waals surface area contributed by atoms with Gasteiger partial charge in [0.2, 0.25) is 16.8 Å². The average molecular weight is 412 g/mol. The molecular formula is C19H17N5O2S2. The van der Waals surface area contributed by atoms with Crippen molar-refractivity contribution in [2.45, 2.75) is 17.0 Å². The molecule has 0 radical (unpaired) electrons. The summed E-state index contributed by atoms with van der Waals surface area (Å²) in [6.07, 6.45) is 0. The molecule has 0 fully saturated rings. The van der Waals surface area contributed by atoms with Gasteiger partial charge in [-0.1, -0.05) is 52.5 Å². The van der Waals surface area contributed by atoms with Gasteiger partial charge < -0.3 is 14.6 Å². The van der Waals surface area contributed by atoms with Crippen LogP contribution in [0.4, 0.5) is 10.8 Å². The molecule has 9 heteroatoms. The molecular weight excluding hydrogens is 394 g/mol. The predicted octanol–water partition coefficient (Wildman–Crippen LogP) is 4.94. The van der Waals surface area contributed by atoms with Crippen molar-refractivity contribution in [1.29, 1.82) is 0 Å². The topological polar surface area (TPSA) is 86.0 Å². The van der Waals surface area contributed by atoms with Crippen molar-refractivity contribution in [2.75, 3.05) is 12.4 Å². The van der Waals surface area contributed by atoms with Crippen LogP contribution in [0.1, 0.15) is 11.5 Å². The number of aryl methyl sites for hydroxylation is 1. The molecule has 0 unspecified atom stereocenters. The van der Waals surface area contributed by atoms with E-state index in [1.807, 2.05) is 36.4 Å². The van der Waals surface area contributed by atoms with Gasteiger partial charge in [-0.3, -0.25) is 0 Å². The lowest BCUT2D eigenvalue weighted by Gasteiger charge is -2.01. The summed E-state index contributed by atoms with van der Waals surface area (Å²) in [4.78, 5) is 4.44. The lowest BCUT2D eigenvalue weighted by atomic mass is 10.2. The molecule has 0 spiro atoms. The van der Waals surface area contributed by atoms with Crippen LogP contribution in [0.2, 0.25) is 0 Å². The molecule has 1 N–H and O–H groups in total. The normalized spacial score (nSPS) is 10.8. The smallest absolute Gasteiger partial charge is 0.237 e. The Balaban J connectivity index is 1.37. The molecule has 2 aromatic carbocycles. The largest absolute Gasteiger partial charge is 0.497 e. The van der Waals surface area contributed by atoms with Crippen LogP contribution in [0.5, 0.6) is 5.75 Å². The predicted molar refractivity (Wildman–Crippen MR) is 110 cm³/mol. The third-order valence-corrected chi connectivity index (χ3v) is 5.75. The Morgan fingerprint density at radius 3 is 2.89 bits per heavy atom. The first-order valence-corrected chi connectivity index (χ1v) is 10.3. The van der Waals surface area contributed by atoms with E-state index in [4.69, 9.17) is 9.26 Å². The van der Waals surface area contributed by atoms with Crippen molar-refractivity contribution in [1.82, 2.24) is 20.3 Å². The van der Waals surface area contributed by atoms with Gasteiger partial charge in [0.15, 0.2) is 4.34 Å². The van der Waals surface area contributed by atoms with Crippen LogP contribution in [0.25, 0.3) is 11.4 Å². The average Bonchev–Trinajstić information content (AvgIpc) is 3.36. The zero-order chi connectivity index (χ0) is 19.3. The first kappa shape index (κ1) is 18.5. The molecule has 0 aliphatic carbocycles. The summed E-state index contributed by atoms with van der Waals surface area (Å²) < 4.78 is 11.4. The number of anilines is 2. The van der Waals surface area contributed by atoms with Crippen LogP contribution in [0.15, 0.2) is 57.4 Å². The van der Waals surface area contributed by atoms with Crippen molar-refractivity contribution >= 4 is 33.9 Å². The van der Waals surface area contributed by atoms with Gasteiger partial charge in [0, 0.05) is 11.3 Å². The number of nitrogens with one attached hydrogen (secondary N) is 1. The van der Waals surface area contributed by atoms with E-state index in [1.54, 1.807) is 7.11 Å². The SMILES string of the molecule is COc1cccc(-c2noc(CSc3nnc(Nc4cccc(C)c4)s3)n2)c1. The molecule has 4 rings (SSSR count). The van der Waals surface area contributed by atoms with Crippen molar-refractivity contribution in [3.8, 4) is 17.1 Å². The van der Waals surface area contributed by atoms with Crippen molar-refractivity contribution in [2.24, 2.45) is 0 Å². The minimum atomic E-state index is 0.524. The molecule has 142 valence electrons. The van der Waals surface area contributed by atoms with Gasteiger partial charge in [-0.25, -0.2) is 0 Å². The highest BCUT2D eigenvalue weighted by Gasteiger charge is 2.12. The third-order valence-electron chi connectivity index (χ3n) is 3.79. The van der Waals surface area contributed by atoms with Crippen LogP contribution in [-0.4, -0.2) is 27.4 Å². The summed E-state index contributed by atoms with van der Waals surface area (Å²) in [5.41, 5.74) is 3.03. The lowest BCUT2D eigenvalue weighted by Crippen LogP contribution is -1.89. The highest BCUT2D eigenvalue weighted by atomic mass is 32.2. The number of hydrogen-bond donors (Lipinski definition) is 1. The standard InChI is InChI=1S/C19H17N5O2S2/c1-12-5-3-7-14(9-12)20-18-22-23-19(28-18)27-11-16-21-17(24-26-16)13-6-4-8-15(10-13)25-2/h3-10H,11H2,1-2H3,(H,20,22). The number of methoxy groups -OCH3 is 1. The zero-order valence-corrected chi connectivity index (χ0v) is 16.9. The second-order valence-electron chi connectivity index (χ2n) is 5.90. The van der Waals surface area contributed by atoms with E-state index in [0.29, 0.717) is 17.5 Å². The molecule has 0 bridgehead atoms. The second kappa shape index (κ2) is 8.41. The molecule has 4 aromatic rings. The molecule has 0 atom stereocenters. The Morgan fingerprint density at radius 2 is 2.04 bits per heavy atom. The third kappa shape index (κ3) is 4.49. The number of thioether (sulfide) groups is 1. The van der Waals surface area contributed by atoms with Gasteiger partial charge in [-0.15, -0.1) is 10.2 Å². The van der Waals surface area contributed by atoms with Gasteiger partial charge in [0.25, 0.3) is 0 Å². The van der Waals surface area contributed by atoms with Gasteiger partial charge >= 0.3 is 0 Å². The van der Waals surface area contributed by atoms with Crippen molar-refractivity contribution in [3.63, 3.8) is 0 Å². The molecule has 2 aromatic heterocycles. The highest BCUT2D eigenvalue weighted by molar-refractivity contribution is 8.00. The van der Waals surface area contributed by atoms with E-state index in [-0.39, 0.29) is 0 Å². The van der Waals surface area contributed by atoms with Crippen LogP contribution < -0.4 is 10.1 Å². The monoisotopic (exact) mass is 411 g/mol. The molecule has 0 saturated heterocycles. The van der Waals surface area contributed by atoms with Crippen LogP contribution in [-0.2, 0) is 5.75 Å². The Hall–Kier alpha value is -2.91. The summed E-state index contributed by atoms with van der Waals surface area (Å²) in [5, 5.41) is 16.4. The second-order valence-corrected chi connectivity index (χ2v) is 8.10. The van der Waals surface area contributed by atoms with Gasteiger partial charge in [-0.05, 0) is 36.8 Å². The first-order valence-electron chi connectivity index (χ1n) is 8.46. The molecule has 28 heavy (non-hydrogen) atoms. The Kier molecular flexibility index (Phi) is 5.54. The summed E-state index contributed by atoms with van der Waals surface area (Å²) in [7, 11) is 1.63. The Labute approximate surface area is 170 Å². The number of aromatic nitrogens is 4. The molecule has 0 aliphatic rings. The fourth-order valence-corrected chi connectivity index (χ4v) is 4.09. The van der Waals surface area contributed by atoms with Gasteiger partial charge in [0.05, 0.1) is 12.9 Å². The molecule has 0 saturated carbocycles. The zero-order valence-electron chi connectivity index (χ0n) is 15.2. The minimum Gasteiger partial charge on any atom is -0.497 e. The van der Waals surface area contributed by atoms with Crippen molar-refractivity contribution < 1.29 is 9.26 Å². The fourth-order valence-electron chi connectivity index (χ4n) is 2.48. The summed E-state index contributed by atoms with van der Waals surface area (Å²) in [5.74, 6) is 2.34. The molecule has 7 nitrogen and oxygen atoms in total. The van der Waals surface area contributed by atoms with Crippen LogP contribution in [0.3, 0.4) is 0 Å². The van der Waals surface area contributed by atoms with E-state index in [9.17, 15) is 0 Å². The van der Waals surface area contributed by atoms with Gasteiger partial charge in [0.1, 0.15) is 5.75 Å². The maximum absolute atomic E-state index is 5.35. The van der Waals surface area contributed by atoms with Crippen LogP contribution >= 0.6 is 23.1 Å². The quantitative estimate of drug-likeness (QED) is 0.428. The lowest BCUT2D eigenvalue weighted by molar-refractivity contribution is 0.391. The minimum absolute atomic E-state index is 0.524. The first-order chi connectivity index (χ1) is 13.7. The van der Waals surface area contributed by atoms with Gasteiger partial charge in [-0.2, -0.15) is 4.98 Å². The van der Waals surface area contributed by atoms with E-state index < -0.39 is 0 Å². The number of nitrogens with zero attached hydrogens (tertiary/aromatic N) is 4. The Morgan fingerprint density at radius 1 is 1.14 bits per heavy atom. The highest BCUT2D eigenvalue weighted by Crippen LogP contribution is 2.30.